The van der Waals surface area contributed by atoms with Gasteiger partial charge in [0.2, 0.25) is 0 Å². The van der Waals surface area contributed by atoms with Crippen LogP contribution in [0.2, 0.25) is 0 Å². The van der Waals surface area contributed by atoms with E-state index in [4.69, 9.17) is 4.99 Å². The predicted octanol–water partition coefficient (Wildman–Crippen LogP) is 6.28. The van der Waals surface area contributed by atoms with Crippen LogP contribution in [0.1, 0.15) is 56.3 Å². The molecule has 8 heteroatoms. The summed E-state index contributed by atoms with van der Waals surface area (Å²) >= 11 is 1.84. The lowest BCUT2D eigenvalue weighted by molar-refractivity contribution is -0.137. The molecule has 4 nitrogen and oxygen atoms in total. The van der Waals surface area contributed by atoms with Gasteiger partial charge in [0.1, 0.15) is 17.4 Å². The Hall–Kier alpha value is -3.26. The molecule has 2 aromatic carbocycles. The van der Waals surface area contributed by atoms with Crippen molar-refractivity contribution in [2.75, 3.05) is 0 Å². The SMILES string of the molecule is Cc1nnc2n1-c1sc3c(c1C(c1ccc(CCc4ccc(C(F)(F)F)cc4)cc1)=NC2)CCC3. The van der Waals surface area contributed by atoms with Crippen LogP contribution in [0.25, 0.3) is 5.00 Å². The van der Waals surface area contributed by atoms with Crippen LogP contribution in [-0.2, 0) is 38.4 Å². The molecule has 0 fully saturated rings. The zero-order valence-corrected chi connectivity index (χ0v) is 20.0. The Morgan fingerprint density at radius 3 is 2.29 bits per heavy atom. The maximum Gasteiger partial charge on any atom is 0.416 e. The Kier molecular flexibility index (Phi) is 5.36. The summed E-state index contributed by atoms with van der Waals surface area (Å²) < 4.78 is 40.5. The molecule has 0 bridgehead atoms. The molecule has 0 atom stereocenters. The van der Waals surface area contributed by atoms with Crippen LogP contribution in [-0.4, -0.2) is 20.5 Å². The van der Waals surface area contributed by atoms with Crippen LogP contribution in [0.4, 0.5) is 13.2 Å². The fourth-order valence-electron chi connectivity index (χ4n) is 5.01. The number of rotatable bonds is 4. The second-order valence-electron chi connectivity index (χ2n) is 9.09. The molecule has 35 heavy (non-hydrogen) atoms. The Balaban J connectivity index is 1.26. The number of aryl methyl sites for hydroxylation is 4. The van der Waals surface area contributed by atoms with E-state index in [1.165, 1.54) is 27.4 Å². The van der Waals surface area contributed by atoms with Crippen LogP contribution >= 0.6 is 11.3 Å². The van der Waals surface area contributed by atoms with Gasteiger partial charge < -0.3 is 0 Å². The summed E-state index contributed by atoms with van der Waals surface area (Å²) in [6.07, 6.45) is 0.511. The second-order valence-corrected chi connectivity index (χ2v) is 10.2. The average Bonchev–Trinajstić information content (AvgIpc) is 3.51. The molecule has 0 radical (unpaired) electrons. The topological polar surface area (TPSA) is 43.1 Å². The van der Waals surface area contributed by atoms with Gasteiger partial charge in [0.15, 0.2) is 5.82 Å². The summed E-state index contributed by atoms with van der Waals surface area (Å²) in [5.74, 6) is 1.75. The Labute approximate surface area is 205 Å². The lowest BCUT2D eigenvalue weighted by Gasteiger charge is -2.11. The summed E-state index contributed by atoms with van der Waals surface area (Å²) in [6.45, 7) is 2.48. The quantitative estimate of drug-likeness (QED) is 0.337. The van der Waals surface area contributed by atoms with Crippen molar-refractivity contribution in [1.82, 2.24) is 14.8 Å². The standard InChI is InChI=1S/C27H23F3N4S/c1-16-32-33-23-15-31-25(24-21-3-2-4-22(21)35-26(24)34(16)23)19-11-7-17(8-12-19)5-6-18-9-13-20(14-10-18)27(28,29)30/h7-14H,2-6,15H2,1H3. The highest BCUT2D eigenvalue weighted by Crippen LogP contribution is 2.41. The molecule has 178 valence electrons. The zero-order valence-electron chi connectivity index (χ0n) is 19.2. The predicted molar refractivity (Wildman–Crippen MR) is 131 cm³/mol. The van der Waals surface area contributed by atoms with E-state index in [-0.39, 0.29) is 0 Å². The number of aliphatic imine (C=N–C) groups is 1. The van der Waals surface area contributed by atoms with E-state index in [2.05, 4.69) is 39.0 Å². The van der Waals surface area contributed by atoms with E-state index < -0.39 is 11.7 Å². The van der Waals surface area contributed by atoms with Crippen LogP contribution in [0, 0.1) is 6.92 Å². The molecule has 0 saturated heterocycles. The minimum atomic E-state index is -4.30. The molecule has 1 aliphatic carbocycles. The van der Waals surface area contributed by atoms with Crippen molar-refractivity contribution in [2.24, 2.45) is 4.99 Å². The third kappa shape index (κ3) is 3.99. The Morgan fingerprint density at radius 2 is 1.60 bits per heavy atom. The first-order valence-electron chi connectivity index (χ1n) is 11.7. The number of hydrogen-bond acceptors (Lipinski definition) is 4. The van der Waals surface area contributed by atoms with Crippen LogP contribution in [0.3, 0.4) is 0 Å². The van der Waals surface area contributed by atoms with Crippen LogP contribution in [0.5, 0.6) is 0 Å². The van der Waals surface area contributed by atoms with E-state index >= 15 is 0 Å². The van der Waals surface area contributed by atoms with Gasteiger partial charge in [-0.3, -0.25) is 9.56 Å². The van der Waals surface area contributed by atoms with Gasteiger partial charge in [-0.05, 0) is 67.9 Å². The van der Waals surface area contributed by atoms with E-state index in [0.717, 1.165) is 65.4 Å². The highest BCUT2D eigenvalue weighted by Gasteiger charge is 2.31. The van der Waals surface area contributed by atoms with Crippen molar-refractivity contribution in [1.29, 1.82) is 0 Å². The first kappa shape index (κ1) is 22.2. The maximum absolute atomic E-state index is 12.8. The number of halogens is 3. The van der Waals surface area contributed by atoms with Crippen molar-refractivity contribution in [3.05, 3.63) is 98.4 Å². The zero-order chi connectivity index (χ0) is 24.2. The van der Waals surface area contributed by atoms with Crippen molar-refractivity contribution >= 4 is 17.0 Å². The van der Waals surface area contributed by atoms with Gasteiger partial charge in [-0.1, -0.05) is 36.4 Å². The van der Waals surface area contributed by atoms with Crippen molar-refractivity contribution < 1.29 is 13.2 Å². The molecule has 3 heterocycles. The van der Waals surface area contributed by atoms with Crippen molar-refractivity contribution in [3.8, 4) is 5.00 Å². The van der Waals surface area contributed by atoms with Gasteiger partial charge in [-0.2, -0.15) is 13.2 Å². The largest absolute Gasteiger partial charge is 0.416 e. The molecule has 2 aromatic heterocycles. The fourth-order valence-corrected chi connectivity index (χ4v) is 6.46. The second kappa shape index (κ2) is 8.45. The molecule has 4 aromatic rings. The number of nitrogens with zero attached hydrogens (tertiary/aromatic N) is 4. The molecule has 0 saturated carbocycles. The number of thiophene rings is 1. The maximum atomic E-state index is 12.8. The van der Waals surface area contributed by atoms with Crippen LogP contribution < -0.4 is 0 Å². The summed E-state index contributed by atoms with van der Waals surface area (Å²) in [6, 6.07) is 13.9. The summed E-state index contributed by atoms with van der Waals surface area (Å²) in [4.78, 5) is 6.44. The van der Waals surface area contributed by atoms with Gasteiger partial charge in [0.05, 0.1) is 11.3 Å². The smallest absolute Gasteiger partial charge is 0.276 e. The minimum absolute atomic E-state index is 0.488. The van der Waals surface area contributed by atoms with Gasteiger partial charge in [-0.15, -0.1) is 21.5 Å². The monoisotopic (exact) mass is 492 g/mol. The Bertz CT molecular complexity index is 1430. The third-order valence-corrected chi connectivity index (χ3v) is 8.10. The van der Waals surface area contributed by atoms with Crippen LogP contribution in [0.15, 0.2) is 53.5 Å². The molecule has 0 N–H and O–H groups in total. The molecule has 0 unspecified atom stereocenters. The lowest BCUT2D eigenvalue weighted by Crippen LogP contribution is -2.08. The minimum Gasteiger partial charge on any atom is -0.276 e. The molecular weight excluding hydrogens is 469 g/mol. The molecule has 0 spiro atoms. The Morgan fingerprint density at radius 1 is 0.914 bits per heavy atom. The number of fused-ring (bicyclic) bond motifs is 5. The van der Waals surface area contributed by atoms with Crippen molar-refractivity contribution in [3.63, 3.8) is 0 Å². The lowest BCUT2D eigenvalue weighted by atomic mass is 9.97. The highest BCUT2D eigenvalue weighted by atomic mass is 32.1. The molecule has 1 aliphatic heterocycles. The third-order valence-electron chi connectivity index (χ3n) is 6.82. The number of hydrogen-bond donors (Lipinski definition) is 0. The highest BCUT2D eigenvalue weighted by molar-refractivity contribution is 7.15. The van der Waals surface area contributed by atoms with Gasteiger partial charge in [0, 0.05) is 16.0 Å². The van der Waals surface area contributed by atoms with Gasteiger partial charge in [0.25, 0.3) is 0 Å². The van der Waals surface area contributed by atoms with E-state index in [1.807, 2.05) is 18.3 Å². The molecular formula is C27H23F3N4S. The van der Waals surface area contributed by atoms with Crippen molar-refractivity contribution in [2.45, 2.75) is 51.7 Å². The van der Waals surface area contributed by atoms with Gasteiger partial charge >= 0.3 is 6.18 Å². The fraction of sp³-hybridized carbons (Fsp3) is 0.296. The average molecular weight is 493 g/mol. The molecule has 6 rings (SSSR count). The normalized spacial score (nSPS) is 14.8. The number of alkyl halides is 3. The summed E-state index contributed by atoms with van der Waals surface area (Å²) in [5.41, 5.74) is 6.16. The van der Waals surface area contributed by atoms with E-state index in [9.17, 15) is 13.2 Å². The van der Waals surface area contributed by atoms with E-state index in [0.29, 0.717) is 13.0 Å². The molecule has 2 aliphatic rings. The first-order chi connectivity index (χ1) is 16.9. The number of benzene rings is 2. The number of aromatic nitrogens is 3. The summed E-state index contributed by atoms with van der Waals surface area (Å²) in [5, 5.41) is 9.83. The molecule has 0 amide bonds. The first-order valence-corrected chi connectivity index (χ1v) is 12.6. The summed E-state index contributed by atoms with van der Waals surface area (Å²) in [7, 11) is 0. The van der Waals surface area contributed by atoms with Gasteiger partial charge in [-0.25, -0.2) is 0 Å². The van der Waals surface area contributed by atoms with E-state index in [1.54, 1.807) is 12.1 Å².